The molecule has 3 atom stereocenters. The van der Waals surface area contributed by atoms with E-state index < -0.39 is 0 Å². The molecule has 2 bridgehead atoms. The first kappa shape index (κ1) is 9.64. The van der Waals surface area contributed by atoms with Crippen LogP contribution >= 0.6 is 11.8 Å². The maximum absolute atomic E-state index is 4.32. The molecule has 0 spiro atoms. The molecule has 1 heteroatoms. The summed E-state index contributed by atoms with van der Waals surface area (Å²) in [5, 5.41) is 0. The SMILES string of the molecule is C=C1[C@H](CSC)C[C@@H]2C[C@@H]1C2(C)C. The number of hydrogen-bond acceptors (Lipinski definition) is 1. The monoisotopic (exact) mass is 196 g/mol. The summed E-state index contributed by atoms with van der Waals surface area (Å²) < 4.78 is 0. The predicted octanol–water partition coefficient (Wildman–Crippen LogP) is 3.59. The summed E-state index contributed by atoms with van der Waals surface area (Å²) in [7, 11) is 0. The fraction of sp³-hybridized carbons (Fsp3) is 0.833. The molecule has 3 aliphatic rings. The summed E-state index contributed by atoms with van der Waals surface area (Å²) in [6.07, 6.45) is 5.04. The molecule has 3 rings (SSSR count). The second-order valence-corrected chi connectivity index (χ2v) is 6.18. The van der Waals surface area contributed by atoms with E-state index in [2.05, 4.69) is 26.7 Å². The van der Waals surface area contributed by atoms with Gasteiger partial charge in [0, 0.05) is 0 Å². The minimum atomic E-state index is 0.575. The number of hydrogen-bond donors (Lipinski definition) is 0. The van der Waals surface area contributed by atoms with Crippen LogP contribution < -0.4 is 0 Å². The van der Waals surface area contributed by atoms with Crippen molar-refractivity contribution in [3.63, 3.8) is 0 Å². The highest BCUT2D eigenvalue weighted by molar-refractivity contribution is 7.98. The lowest BCUT2D eigenvalue weighted by atomic mass is 9.45. The Labute approximate surface area is 86.2 Å². The van der Waals surface area contributed by atoms with Gasteiger partial charge in [-0.05, 0) is 48.0 Å². The normalized spacial score (nSPS) is 41.5. The lowest BCUT2D eigenvalue weighted by Crippen LogP contribution is -2.52. The van der Waals surface area contributed by atoms with Crippen LogP contribution in [0.3, 0.4) is 0 Å². The second-order valence-electron chi connectivity index (χ2n) is 5.27. The van der Waals surface area contributed by atoms with Crippen molar-refractivity contribution in [3.05, 3.63) is 12.2 Å². The largest absolute Gasteiger partial charge is 0.165 e. The molecule has 3 aliphatic carbocycles. The summed E-state index contributed by atoms with van der Waals surface area (Å²) >= 11 is 1.97. The molecule has 0 aromatic heterocycles. The van der Waals surface area contributed by atoms with Gasteiger partial charge >= 0.3 is 0 Å². The van der Waals surface area contributed by atoms with Crippen LogP contribution in [-0.4, -0.2) is 12.0 Å². The maximum atomic E-state index is 4.32. The van der Waals surface area contributed by atoms with Gasteiger partial charge in [-0.25, -0.2) is 0 Å². The molecule has 0 N–H and O–H groups in total. The van der Waals surface area contributed by atoms with Gasteiger partial charge in [-0.3, -0.25) is 0 Å². The molecular weight excluding hydrogens is 176 g/mol. The van der Waals surface area contributed by atoms with Gasteiger partial charge in [-0.1, -0.05) is 26.0 Å². The van der Waals surface area contributed by atoms with Gasteiger partial charge in [-0.15, -0.1) is 0 Å². The number of fused-ring (bicyclic) bond motifs is 2. The van der Waals surface area contributed by atoms with Gasteiger partial charge in [0.1, 0.15) is 0 Å². The molecule has 0 aromatic rings. The Morgan fingerprint density at radius 3 is 2.62 bits per heavy atom. The summed E-state index contributed by atoms with van der Waals surface area (Å²) in [4.78, 5) is 0. The summed E-state index contributed by atoms with van der Waals surface area (Å²) in [6, 6.07) is 0. The quantitative estimate of drug-likeness (QED) is 0.608. The molecule has 0 heterocycles. The third kappa shape index (κ3) is 1.27. The van der Waals surface area contributed by atoms with Crippen molar-refractivity contribution in [2.45, 2.75) is 26.7 Å². The van der Waals surface area contributed by atoms with E-state index >= 15 is 0 Å². The average molecular weight is 196 g/mol. The molecule has 0 aromatic carbocycles. The van der Waals surface area contributed by atoms with E-state index in [-0.39, 0.29) is 0 Å². The highest BCUT2D eigenvalue weighted by Crippen LogP contribution is 2.62. The van der Waals surface area contributed by atoms with Crippen LogP contribution in [0.1, 0.15) is 26.7 Å². The number of thioether (sulfide) groups is 1. The van der Waals surface area contributed by atoms with Gasteiger partial charge < -0.3 is 0 Å². The minimum Gasteiger partial charge on any atom is -0.165 e. The van der Waals surface area contributed by atoms with Crippen LogP contribution in [0.25, 0.3) is 0 Å². The van der Waals surface area contributed by atoms with E-state index in [9.17, 15) is 0 Å². The van der Waals surface area contributed by atoms with Crippen LogP contribution in [0.2, 0.25) is 0 Å². The van der Waals surface area contributed by atoms with Gasteiger partial charge in [-0.2, -0.15) is 11.8 Å². The Balaban J connectivity index is 2.08. The average Bonchev–Trinajstić information content (AvgIpc) is 2.08. The number of allylic oxidation sites excluding steroid dienone is 1. The standard InChI is InChI=1S/C12H20S/c1-8-9(7-13-4)5-10-6-11(8)12(10,2)3/h9-11H,1,5-7H2,2-4H3/t9-,10+,11-/m0/s1. The molecule has 0 aliphatic heterocycles. The van der Waals surface area contributed by atoms with Crippen LogP contribution in [0.5, 0.6) is 0 Å². The van der Waals surface area contributed by atoms with Crippen molar-refractivity contribution >= 4 is 11.8 Å². The van der Waals surface area contributed by atoms with Crippen LogP contribution in [0, 0.1) is 23.2 Å². The third-order valence-corrected chi connectivity index (χ3v) is 5.12. The summed E-state index contributed by atoms with van der Waals surface area (Å²) in [6.45, 7) is 9.16. The van der Waals surface area contributed by atoms with Crippen molar-refractivity contribution in [2.75, 3.05) is 12.0 Å². The van der Waals surface area contributed by atoms with E-state index in [4.69, 9.17) is 0 Å². The van der Waals surface area contributed by atoms with Crippen molar-refractivity contribution < 1.29 is 0 Å². The van der Waals surface area contributed by atoms with Gasteiger partial charge in [0.2, 0.25) is 0 Å². The third-order valence-electron chi connectivity index (χ3n) is 4.38. The first-order chi connectivity index (χ1) is 6.07. The van der Waals surface area contributed by atoms with Crippen molar-refractivity contribution in [1.82, 2.24) is 0 Å². The Morgan fingerprint density at radius 1 is 1.46 bits per heavy atom. The highest BCUT2D eigenvalue weighted by Gasteiger charge is 2.54. The molecular formula is C12H20S. The Kier molecular flexibility index (Phi) is 2.26. The van der Waals surface area contributed by atoms with E-state index in [1.54, 1.807) is 5.57 Å². The van der Waals surface area contributed by atoms with Gasteiger partial charge in [0.05, 0.1) is 0 Å². The zero-order valence-corrected chi connectivity index (χ0v) is 9.79. The zero-order valence-electron chi connectivity index (χ0n) is 8.97. The van der Waals surface area contributed by atoms with E-state index in [1.165, 1.54) is 18.6 Å². The number of rotatable bonds is 2. The zero-order chi connectivity index (χ0) is 9.64. The Hall–Kier alpha value is 0.0900. The van der Waals surface area contributed by atoms with Gasteiger partial charge in [0.25, 0.3) is 0 Å². The fourth-order valence-electron chi connectivity index (χ4n) is 3.20. The lowest BCUT2D eigenvalue weighted by Gasteiger charge is -2.60. The van der Waals surface area contributed by atoms with E-state index in [1.807, 2.05) is 11.8 Å². The molecule has 0 nitrogen and oxygen atoms in total. The summed E-state index contributed by atoms with van der Waals surface area (Å²) in [5.74, 6) is 3.94. The predicted molar refractivity (Wildman–Crippen MR) is 61.0 cm³/mol. The van der Waals surface area contributed by atoms with E-state index in [0.717, 1.165) is 17.8 Å². The molecule has 0 saturated heterocycles. The highest BCUT2D eigenvalue weighted by atomic mass is 32.2. The van der Waals surface area contributed by atoms with Gasteiger partial charge in [0.15, 0.2) is 0 Å². The topological polar surface area (TPSA) is 0 Å². The van der Waals surface area contributed by atoms with Crippen LogP contribution in [0.4, 0.5) is 0 Å². The Morgan fingerprint density at radius 2 is 2.15 bits per heavy atom. The molecule has 3 fully saturated rings. The lowest BCUT2D eigenvalue weighted by molar-refractivity contribution is -0.0430. The second kappa shape index (κ2) is 3.05. The maximum Gasteiger partial charge on any atom is -0.000445 e. The minimum absolute atomic E-state index is 0.575. The van der Waals surface area contributed by atoms with Crippen molar-refractivity contribution in [1.29, 1.82) is 0 Å². The smallest absolute Gasteiger partial charge is 0.000445 e. The molecule has 3 saturated carbocycles. The van der Waals surface area contributed by atoms with E-state index in [0.29, 0.717) is 5.41 Å². The van der Waals surface area contributed by atoms with Crippen molar-refractivity contribution in [3.8, 4) is 0 Å². The first-order valence-corrected chi connectivity index (χ1v) is 6.64. The summed E-state index contributed by atoms with van der Waals surface area (Å²) in [5.41, 5.74) is 2.13. The first-order valence-electron chi connectivity index (χ1n) is 5.25. The molecule has 0 radical (unpaired) electrons. The molecule has 13 heavy (non-hydrogen) atoms. The molecule has 0 amide bonds. The van der Waals surface area contributed by atoms with Crippen LogP contribution in [0.15, 0.2) is 12.2 Å². The molecule has 74 valence electrons. The van der Waals surface area contributed by atoms with Crippen LogP contribution in [-0.2, 0) is 0 Å². The van der Waals surface area contributed by atoms with Crippen molar-refractivity contribution in [2.24, 2.45) is 23.2 Å². The Bertz CT molecular complexity index is 229. The fourth-order valence-corrected chi connectivity index (χ4v) is 3.95. The molecule has 0 unspecified atom stereocenters.